The zero-order valence-electron chi connectivity index (χ0n) is 16.2. The second-order valence-corrected chi connectivity index (χ2v) is 6.10. The molecule has 4 heteroatoms. The standard InChI is InChI=1S/C11H20O2.C9H18O2/c1-4-7-8-10(5-2)9-13-11(12)6-3;1-3-5-6-9(4-2)7-11-8-10/h6,10H,3-5,7-9H2,1-2H3;8-9H,3-7H2,1-2H3. The summed E-state index contributed by atoms with van der Waals surface area (Å²) in [6.07, 6.45) is 10.6. The number of rotatable bonds is 14. The zero-order chi connectivity index (χ0) is 18.6. The monoisotopic (exact) mass is 342 g/mol. The molecular formula is C20H38O4. The molecule has 0 aromatic rings. The van der Waals surface area contributed by atoms with Gasteiger partial charge in [0.15, 0.2) is 0 Å². The molecule has 24 heavy (non-hydrogen) atoms. The Hall–Kier alpha value is -1.32. The Balaban J connectivity index is 0. The molecule has 2 unspecified atom stereocenters. The van der Waals surface area contributed by atoms with E-state index in [2.05, 4.69) is 34.3 Å². The van der Waals surface area contributed by atoms with E-state index in [1.165, 1.54) is 38.2 Å². The van der Waals surface area contributed by atoms with Crippen LogP contribution in [0.3, 0.4) is 0 Å². The van der Waals surface area contributed by atoms with E-state index in [4.69, 9.17) is 9.47 Å². The molecule has 0 fully saturated rings. The maximum absolute atomic E-state index is 10.8. The van der Waals surface area contributed by atoms with Crippen molar-refractivity contribution in [3.63, 3.8) is 0 Å². The fourth-order valence-corrected chi connectivity index (χ4v) is 2.23. The van der Waals surface area contributed by atoms with Crippen LogP contribution >= 0.6 is 0 Å². The second kappa shape index (κ2) is 19.7. The first kappa shape index (κ1) is 24.9. The van der Waals surface area contributed by atoms with Crippen LogP contribution in [-0.4, -0.2) is 25.7 Å². The Morgan fingerprint density at radius 1 is 0.958 bits per heavy atom. The van der Waals surface area contributed by atoms with Gasteiger partial charge in [0, 0.05) is 6.08 Å². The lowest BCUT2D eigenvalue weighted by Gasteiger charge is -2.13. The Morgan fingerprint density at radius 2 is 1.46 bits per heavy atom. The molecule has 2 atom stereocenters. The first-order valence-corrected chi connectivity index (χ1v) is 9.43. The van der Waals surface area contributed by atoms with Gasteiger partial charge in [-0.15, -0.1) is 0 Å². The van der Waals surface area contributed by atoms with Crippen LogP contribution in [0.4, 0.5) is 0 Å². The van der Waals surface area contributed by atoms with Crippen molar-refractivity contribution in [3.8, 4) is 0 Å². The summed E-state index contributed by atoms with van der Waals surface area (Å²) in [5, 5.41) is 0. The highest BCUT2D eigenvalue weighted by atomic mass is 16.5. The summed E-state index contributed by atoms with van der Waals surface area (Å²) in [6, 6.07) is 0. The number of hydrogen-bond acceptors (Lipinski definition) is 4. The van der Waals surface area contributed by atoms with E-state index < -0.39 is 0 Å². The largest absolute Gasteiger partial charge is 0.468 e. The molecular weight excluding hydrogens is 304 g/mol. The smallest absolute Gasteiger partial charge is 0.330 e. The fourth-order valence-electron chi connectivity index (χ4n) is 2.23. The minimum atomic E-state index is -0.310. The van der Waals surface area contributed by atoms with E-state index >= 15 is 0 Å². The third-order valence-electron chi connectivity index (χ3n) is 4.11. The van der Waals surface area contributed by atoms with E-state index in [0.717, 1.165) is 19.3 Å². The minimum absolute atomic E-state index is 0.310. The Bertz CT molecular complexity index is 302. The maximum Gasteiger partial charge on any atom is 0.330 e. The van der Waals surface area contributed by atoms with Crippen LogP contribution in [-0.2, 0) is 19.1 Å². The van der Waals surface area contributed by atoms with Crippen LogP contribution in [0.1, 0.15) is 79.1 Å². The summed E-state index contributed by atoms with van der Waals surface area (Å²) in [5.41, 5.74) is 0. The number of ether oxygens (including phenoxy) is 2. The van der Waals surface area contributed by atoms with Crippen LogP contribution in [0.25, 0.3) is 0 Å². The highest BCUT2D eigenvalue weighted by molar-refractivity contribution is 5.81. The minimum Gasteiger partial charge on any atom is -0.468 e. The van der Waals surface area contributed by atoms with Gasteiger partial charge in [-0.05, 0) is 24.7 Å². The van der Waals surface area contributed by atoms with Crippen molar-refractivity contribution in [2.75, 3.05) is 13.2 Å². The summed E-state index contributed by atoms with van der Waals surface area (Å²) in [5.74, 6) is 0.777. The van der Waals surface area contributed by atoms with Gasteiger partial charge in [-0.2, -0.15) is 0 Å². The highest BCUT2D eigenvalue weighted by Crippen LogP contribution is 2.13. The number of carbonyl (C=O) groups excluding carboxylic acids is 2. The molecule has 4 nitrogen and oxygen atoms in total. The molecule has 0 saturated carbocycles. The van der Waals surface area contributed by atoms with Gasteiger partial charge in [0.25, 0.3) is 6.47 Å². The molecule has 0 saturated heterocycles. The lowest BCUT2D eigenvalue weighted by molar-refractivity contribution is -0.139. The number of unbranched alkanes of at least 4 members (excludes halogenated alkanes) is 2. The molecule has 0 aliphatic rings. The molecule has 0 spiro atoms. The van der Waals surface area contributed by atoms with Crippen molar-refractivity contribution in [1.29, 1.82) is 0 Å². The van der Waals surface area contributed by atoms with Crippen molar-refractivity contribution in [1.82, 2.24) is 0 Å². The summed E-state index contributed by atoms with van der Waals surface area (Å²) in [4.78, 5) is 20.6. The summed E-state index contributed by atoms with van der Waals surface area (Å²) in [6.45, 7) is 13.6. The SMILES string of the molecule is C=CC(=O)OCC(CC)CCCC.CCCCC(CC)COC=O. The van der Waals surface area contributed by atoms with E-state index in [0.29, 0.717) is 31.5 Å². The molecule has 0 N–H and O–H groups in total. The van der Waals surface area contributed by atoms with Gasteiger partial charge < -0.3 is 9.47 Å². The van der Waals surface area contributed by atoms with E-state index in [1.54, 1.807) is 0 Å². The van der Waals surface area contributed by atoms with Gasteiger partial charge in [0.1, 0.15) is 0 Å². The molecule has 0 amide bonds. The van der Waals surface area contributed by atoms with Crippen molar-refractivity contribution >= 4 is 12.4 Å². The fraction of sp³-hybridized carbons (Fsp3) is 0.800. The highest BCUT2D eigenvalue weighted by Gasteiger charge is 2.07. The van der Waals surface area contributed by atoms with E-state index in [9.17, 15) is 9.59 Å². The van der Waals surface area contributed by atoms with Gasteiger partial charge in [-0.1, -0.05) is 72.8 Å². The van der Waals surface area contributed by atoms with E-state index in [-0.39, 0.29) is 5.97 Å². The Morgan fingerprint density at radius 3 is 1.83 bits per heavy atom. The molecule has 0 aliphatic heterocycles. The average Bonchev–Trinajstić information content (AvgIpc) is 2.62. The molecule has 0 bridgehead atoms. The molecule has 142 valence electrons. The summed E-state index contributed by atoms with van der Waals surface area (Å²) < 4.78 is 9.69. The lowest BCUT2D eigenvalue weighted by atomic mass is 10.0. The van der Waals surface area contributed by atoms with Gasteiger partial charge in [0.05, 0.1) is 13.2 Å². The quantitative estimate of drug-likeness (QED) is 0.244. The number of esters is 1. The Labute approximate surface area is 149 Å². The van der Waals surface area contributed by atoms with Crippen LogP contribution in [0.15, 0.2) is 12.7 Å². The number of carbonyl (C=O) groups is 2. The molecule has 0 radical (unpaired) electrons. The van der Waals surface area contributed by atoms with Crippen LogP contribution in [0, 0.1) is 11.8 Å². The van der Waals surface area contributed by atoms with Gasteiger partial charge in [-0.3, -0.25) is 4.79 Å². The van der Waals surface area contributed by atoms with Crippen molar-refractivity contribution < 1.29 is 19.1 Å². The first-order chi connectivity index (χ1) is 11.6. The van der Waals surface area contributed by atoms with Crippen LogP contribution in [0.5, 0.6) is 0 Å². The molecule has 0 aromatic heterocycles. The van der Waals surface area contributed by atoms with Crippen LogP contribution < -0.4 is 0 Å². The third kappa shape index (κ3) is 17.0. The van der Waals surface area contributed by atoms with Gasteiger partial charge >= 0.3 is 5.97 Å². The molecule has 0 aromatic carbocycles. The van der Waals surface area contributed by atoms with Crippen molar-refractivity contribution in [2.45, 2.75) is 79.1 Å². The first-order valence-electron chi connectivity index (χ1n) is 9.43. The summed E-state index contributed by atoms with van der Waals surface area (Å²) in [7, 11) is 0. The van der Waals surface area contributed by atoms with Gasteiger partial charge in [-0.25, -0.2) is 4.79 Å². The summed E-state index contributed by atoms with van der Waals surface area (Å²) >= 11 is 0. The van der Waals surface area contributed by atoms with Crippen molar-refractivity contribution in [2.24, 2.45) is 11.8 Å². The topological polar surface area (TPSA) is 52.6 Å². The average molecular weight is 343 g/mol. The maximum atomic E-state index is 10.8. The molecule has 0 rings (SSSR count). The third-order valence-corrected chi connectivity index (χ3v) is 4.11. The Kier molecular flexibility index (Phi) is 20.5. The molecule has 0 heterocycles. The predicted molar refractivity (Wildman–Crippen MR) is 99.8 cm³/mol. The normalized spacial score (nSPS) is 12.3. The van der Waals surface area contributed by atoms with Gasteiger partial charge in [0.2, 0.25) is 0 Å². The number of hydrogen-bond donors (Lipinski definition) is 0. The predicted octanol–water partition coefficient (Wildman–Crippen LogP) is 5.31. The lowest BCUT2D eigenvalue weighted by Crippen LogP contribution is -2.12. The van der Waals surface area contributed by atoms with Crippen LogP contribution in [0.2, 0.25) is 0 Å². The zero-order valence-corrected chi connectivity index (χ0v) is 16.2. The van der Waals surface area contributed by atoms with E-state index in [1.807, 2.05) is 0 Å². The molecule has 0 aliphatic carbocycles. The second-order valence-electron chi connectivity index (χ2n) is 6.10. The van der Waals surface area contributed by atoms with Crippen molar-refractivity contribution in [3.05, 3.63) is 12.7 Å².